The summed E-state index contributed by atoms with van der Waals surface area (Å²) < 4.78 is 0. The van der Waals surface area contributed by atoms with Gasteiger partial charge in [-0.1, -0.05) is 67.1 Å². The second-order valence-corrected chi connectivity index (χ2v) is 8.26. The van der Waals surface area contributed by atoms with Crippen LogP contribution in [0.1, 0.15) is 39.7 Å². The van der Waals surface area contributed by atoms with E-state index in [1.54, 1.807) is 0 Å². The van der Waals surface area contributed by atoms with Gasteiger partial charge in [0.15, 0.2) is 5.82 Å². The van der Waals surface area contributed by atoms with Gasteiger partial charge in [0.05, 0.1) is 11.1 Å². The van der Waals surface area contributed by atoms with Crippen molar-refractivity contribution >= 4 is 16.9 Å². The van der Waals surface area contributed by atoms with E-state index in [2.05, 4.69) is 20.6 Å². The van der Waals surface area contributed by atoms with Crippen LogP contribution >= 0.6 is 0 Å². The lowest BCUT2D eigenvalue weighted by atomic mass is 9.92. The van der Waals surface area contributed by atoms with Crippen LogP contribution < -0.4 is 0 Å². The number of rotatable bonds is 6. The van der Waals surface area contributed by atoms with E-state index < -0.39 is 5.97 Å². The number of H-pyrrole nitrogens is 1. The second kappa shape index (κ2) is 8.86. The molecule has 5 aromatic rings. The molecule has 0 unspecified atom stereocenters. The second-order valence-electron chi connectivity index (χ2n) is 8.26. The molecule has 3 aromatic carbocycles. The van der Waals surface area contributed by atoms with Crippen LogP contribution in [0.25, 0.3) is 33.4 Å². The fourth-order valence-electron chi connectivity index (χ4n) is 4.42. The Morgan fingerprint density at radius 1 is 1.00 bits per heavy atom. The number of nitrogens with one attached hydrogen (secondary N) is 1. The van der Waals surface area contributed by atoms with E-state index in [1.807, 2.05) is 80.6 Å². The number of carbonyl (C=O) groups is 1. The van der Waals surface area contributed by atoms with Crippen LogP contribution in [-0.4, -0.2) is 36.7 Å². The van der Waals surface area contributed by atoms with Crippen molar-refractivity contribution in [3.8, 4) is 22.5 Å². The van der Waals surface area contributed by atoms with Crippen LogP contribution in [0.15, 0.2) is 66.7 Å². The maximum Gasteiger partial charge on any atom is 0.336 e. The van der Waals surface area contributed by atoms with E-state index in [-0.39, 0.29) is 0 Å². The summed E-state index contributed by atoms with van der Waals surface area (Å²) in [6, 6.07) is 21.9. The summed E-state index contributed by atoms with van der Waals surface area (Å²) in [6.45, 7) is 3.97. The van der Waals surface area contributed by atoms with Gasteiger partial charge in [0, 0.05) is 23.1 Å². The Morgan fingerprint density at radius 2 is 1.76 bits per heavy atom. The molecule has 0 atom stereocenters. The van der Waals surface area contributed by atoms with E-state index in [1.165, 1.54) is 0 Å². The number of carboxylic acid groups (broad SMARTS) is 1. The smallest absolute Gasteiger partial charge is 0.336 e. The van der Waals surface area contributed by atoms with Crippen molar-refractivity contribution in [1.82, 2.24) is 25.6 Å². The van der Waals surface area contributed by atoms with Crippen LogP contribution in [0, 0.1) is 6.92 Å². The molecule has 168 valence electrons. The van der Waals surface area contributed by atoms with Gasteiger partial charge < -0.3 is 5.11 Å². The summed E-state index contributed by atoms with van der Waals surface area (Å²) in [5.74, 6) is -0.315. The summed E-state index contributed by atoms with van der Waals surface area (Å²) in [4.78, 5) is 17.1. The van der Waals surface area contributed by atoms with Crippen LogP contribution in [0.4, 0.5) is 0 Å². The SMILES string of the molecule is CCc1nc2ccc(C)cc2c(C(=O)O)c1Cc1ccc(-c2ccccc2-c2nnn[nH]2)cc1. The molecule has 0 radical (unpaired) electrons. The van der Waals surface area contributed by atoms with E-state index in [9.17, 15) is 9.90 Å². The van der Waals surface area contributed by atoms with Crippen LogP contribution in [0.3, 0.4) is 0 Å². The number of aromatic amines is 1. The van der Waals surface area contributed by atoms with Gasteiger partial charge >= 0.3 is 5.97 Å². The summed E-state index contributed by atoms with van der Waals surface area (Å²) in [6.07, 6.45) is 1.16. The minimum Gasteiger partial charge on any atom is -0.478 e. The standard InChI is InChI=1S/C27H23N5O2/c1-3-23-22(25(27(33)34)21-14-16(2)8-13-24(21)28-23)15-17-9-11-18(12-10-17)19-6-4-5-7-20(19)26-29-31-32-30-26/h4-14H,3,15H2,1-2H3,(H,33,34)(H,29,30,31,32). The first-order valence-electron chi connectivity index (χ1n) is 11.1. The Morgan fingerprint density at radius 3 is 2.44 bits per heavy atom. The Labute approximate surface area is 196 Å². The highest BCUT2D eigenvalue weighted by molar-refractivity contribution is 6.04. The zero-order valence-corrected chi connectivity index (χ0v) is 18.9. The largest absolute Gasteiger partial charge is 0.478 e. The number of benzene rings is 3. The van der Waals surface area contributed by atoms with Crippen molar-refractivity contribution in [2.45, 2.75) is 26.7 Å². The van der Waals surface area contributed by atoms with Crippen LogP contribution in [-0.2, 0) is 12.8 Å². The summed E-state index contributed by atoms with van der Waals surface area (Å²) in [5.41, 5.74) is 7.64. The molecule has 7 heteroatoms. The maximum absolute atomic E-state index is 12.3. The molecule has 0 aliphatic carbocycles. The number of hydrogen-bond donors (Lipinski definition) is 2. The molecular formula is C27H23N5O2. The molecule has 2 N–H and O–H groups in total. The number of carboxylic acids is 1. The zero-order valence-electron chi connectivity index (χ0n) is 18.9. The first kappa shape index (κ1) is 21.5. The Balaban J connectivity index is 1.55. The highest BCUT2D eigenvalue weighted by Crippen LogP contribution is 2.31. The normalized spacial score (nSPS) is 11.1. The lowest BCUT2D eigenvalue weighted by Crippen LogP contribution is -2.10. The van der Waals surface area contributed by atoms with Crippen molar-refractivity contribution < 1.29 is 9.90 Å². The van der Waals surface area contributed by atoms with Crippen molar-refractivity contribution in [1.29, 1.82) is 0 Å². The van der Waals surface area contributed by atoms with E-state index in [4.69, 9.17) is 4.98 Å². The topological polar surface area (TPSA) is 105 Å². The van der Waals surface area contributed by atoms with Gasteiger partial charge in [-0.15, -0.1) is 5.10 Å². The quantitative estimate of drug-likeness (QED) is 0.367. The molecule has 34 heavy (non-hydrogen) atoms. The minimum absolute atomic E-state index is 0.345. The monoisotopic (exact) mass is 449 g/mol. The van der Waals surface area contributed by atoms with Gasteiger partial charge in [0.2, 0.25) is 0 Å². The maximum atomic E-state index is 12.3. The third-order valence-electron chi connectivity index (χ3n) is 6.05. The lowest BCUT2D eigenvalue weighted by Gasteiger charge is -2.15. The number of hydrogen-bond acceptors (Lipinski definition) is 5. The number of fused-ring (bicyclic) bond motifs is 1. The molecule has 0 fully saturated rings. The summed E-state index contributed by atoms with van der Waals surface area (Å²) in [7, 11) is 0. The Hall–Kier alpha value is -4.39. The van der Waals surface area contributed by atoms with Gasteiger partial charge in [-0.25, -0.2) is 9.89 Å². The third kappa shape index (κ3) is 3.92. The molecule has 0 aliphatic heterocycles. The lowest BCUT2D eigenvalue weighted by molar-refractivity contribution is 0.0698. The molecule has 5 rings (SSSR count). The molecule has 0 saturated carbocycles. The number of aromatic nitrogens is 5. The Bertz CT molecular complexity index is 1490. The van der Waals surface area contributed by atoms with E-state index in [0.717, 1.165) is 44.6 Å². The minimum atomic E-state index is -0.922. The Kier molecular flexibility index (Phi) is 5.59. The molecule has 7 nitrogen and oxygen atoms in total. The predicted molar refractivity (Wildman–Crippen MR) is 131 cm³/mol. The highest BCUT2D eigenvalue weighted by Gasteiger charge is 2.20. The number of nitrogens with zero attached hydrogens (tertiary/aromatic N) is 4. The van der Waals surface area contributed by atoms with Gasteiger partial charge in [-0.3, -0.25) is 4.98 Å². The fraction of sp³-hybridized carbons (Fsp3) is 0.148. The van der Waals surface area contributed by atoms with E-state index >= 15 is 0 Å². The average molecular weight is 450 g/mol. The molecule has 2 heterocycles. The number of aryl methyl sites for hydroxylation is 2. The molecule has 0 bridgehead atoms. The van der Waals surface area contributed by atoms with Crippen LogP contribution in [0.2, 0.25) is 0 Å². The van der Waals surface area contributed by atoms with Gasteiger partial charge in [0.1, 0.15) is 0 Å². The van der Waals surface area contributed by atoms with Gasteiger partial charge in [-0.2, -0.15) is 0 Å². The first-order chi connectivity index (χ1) is 16.5. The third-order valence-corrected chi connectivity index (χ3v) is 6.05. The number of aromatic carboxylic acids is 1. The number of tetrazole rings is 1. The van der Waals surface area contributed by atoms with Crippen molar-refractivity contribution in [3.05, 3.63) is 94.7 Å². The highest BCUT2D eigenvalue weighted by atomic mass is 16.4. The zero-order chi connectivity index (χ0) is 23.7. The molecule has 2 aromatic heterocycles. The van der Waals surface area contributed by atoms with Crippen molar-refractivity contribution in [2.75, 3.05) is 0 Å². The molecule has 0 aliphatic rings. The van der Waals surface area contributed by atoms with Crippen molar-refractivity contribution in [3.63, 3.8) is 0 Å². The summed E-state index contributed by atoms with van der Waals surface area (Å²) >= 11 is 0. The average Bonchev–Trinajstić information content (AvgIpc) is 3.39. The van der Waals surface area contributed by atoms with Gasteiger partial charge in [0.25, 0.3) is 0 Å². The summed E-state index contributed by atoms with van der Waals surface area (Å²) in [5, 5.41) is 25.0. The van der Waals surface area contributed by atoms with Crippen LogP contribution in [0.5, 0.6) is 0 Å². The first-order valence-corrected chi connectivity index (χ1v) is 11.1. The molecular weight excluding hydrogens is 426 g/mol. The van der Waals surface area contributed by atoms with Gasteiger partial charge in [-0.05, 0) is 58.2 Å². The fourth-order valence-corrected chi connectivity index (χ4v) is 4.42. The van der Waals surface area contributed by atoms with Crippen molar-refractivity contribution in [2.24, 2.45) is 0 Å². The molecule has 0 amide bonds. The predicted octanol–water partition coefficient (Wildman–Crippen LogP) is 5.24. The molecule has 0 saturated heterocycles. The van der Waals surface area contributed by atoms with E-state index in [0.29, 0.717) is 29.6 Å². The number of pyridine rings is 1. The molecule has 0 spiro atoms.